The van der Waals surface area contributed by atoms with Crippen molar-refractivity contribution in [2.45, 2.75) is 44.6 Å². The molecule has 1 amide bonds. The van der Waals surface area contributed by atoms with Gasteiger partial charge < -0.3 is 10.6 Å². The first-order valence-corrected chi connectivity index (χ1v) is 7.46. The average molecular weight is 258 g/mol. The van der Waals surface area contributed by atoms with Crippen molar-refractivity contribution in [3.8, 4) is 0 Å². The fraction of sp³-hybridized carbons (Fsp3) is 0.562. The lowest BCUT2D eigenvalue weighted by Crippen LogP contribution is -2.40. The molecule has 1 saturated heterocycles. The molecule has 2 N–H and O–H groups in total. The molecule has 1 heterocycles. The molecule has 1 aliphatic carbocycles. The first-order chi connectivity index (χ1) is 9.33. The Morgan fingerprint density at radius 2 is 2.05 bits per heavy atom. The van der Waals surface area contributed by atoms with E-state index < -0.39 is 0 Å². The number of fused-ring (bicyclic) bond motifs is 1. The Kier molecular flexibility index (Phi) is 3.83. The van der Waals surface area contributed by atoms with Gasteiger partial charge in [-0.3, -0.25) is 4.79 Å². The van der Waals surface area contributed by atoms with Crippen LogP contribution in [0.5, 0.6) is 0 Å². The van der Waals surface area contributed by atoms with Crippen molar-refractivity contribution in [2.75, 3.05) is 13.1 Å². The summed E-state index contributed by atoms with van der Waals surface area (Å²) < 4.78 is 0. The lowest BCUT2D eigenvalue weighted by molar-refractivity contribution is 0.0935. The lowest BCUT2D eigenvalue weighted by Gasteiger charge is -2.16. The molecule has 0 saturated carbocycles. The van der Waals surface area contributed by atoms with Gasteiger partial charge in [-0.05, 0) is 61.9 Å². The molecule has 3 heteroatoms. The van der Waals surface area contributed by atoms with Crippen molar-refractivity contribution in [2.24, 2.45) is 0 Å². The monoisotopic (exact) mass is 258 g/mol. The van der Waals surface area contributed by atoms with E-state index in [0.717, 1.165) is 31.5 Å². The Hall–Kier alpha value is -1.35. The third-order valence-corrected chi connectivity index (χ3v) is 4.24. The molecular weight excluding hydrogens is 236 g/mol. The Balaban J connectivity index is 1.66. The van der Waals surface area contributed by atoms with Crippen LogP contribution in [-0.4, -0.2) is 25.0 Å². The molecule has 102 valence electrons. The molecule has 1 atom stereocenters. The second-order valence-electron chi connectivity index (χ2n) is 5.71. The lowest BCUT2D eigenvalue weighted by atomic mass is 10.1. The largest absolute Gasteiger partial charge is 0.348 e. The SMILES string of the molecule is O=C(NC1CCCCNC1)c1ccc2c(c1)CCC2. The summed E-state index contributed by atoms with van der Waals surface area (Å²) >= 11 is 0. The van der Waals surface area contributed by atoms with Gasteiger partial charge in [-0.15, -0.1) is 0 Å². The van der Waals surface area contributed by atoms with Crippen molar-refractivity contribution >= 4 is 5.91 Å². The summed E-state index contributed by atoms with van der Waals surface area (Å²) in [6.45, 7) is 1.97. The molecule has 3 nitrogen and oxygen atoms in total. The first-order valence-electron chi connectivity index (χ1n) is 7.46. The zero-order chi connectivity index (χ0) is 13.1. The number of aryl methyl sites for hydroxylation is 2. The van der Waals surface area contributed by atoms with Crippen LogP contribution in [0.3, 0.4) is 0 Å². The highest BCUT2D eigenvalue weighted by Crippen LogP contribution is 2.22. The quantitative estimate of drug-likeness (QED) is 0.852. The van der Waals surface area contributed by atoms with Gasteiger partial charge in [-0.25, -0.2) is 0 Å². The number of benzene rings is 1. The number of carbonyl (C=O) groups excluding carboxylic acids is 1. The topological polar surface area (TPSA) is 41.1 Å². The number of amides is 1. The van der Waals surface area contributed by atoms with Crippen LogP contribution in [0.1, 0.15) is 47.2 Å². The van der Waals surface area contributed by atoms with E-state index in [0.29, 0.717) is 0 Å². The molecule has 1 unspecified atom stereocenters. The van der Waals surface area contributed by atoms with E-state index in [4.69, 9.17) is 0 Å². The van der Waals surface area contributed by atoms with E-state index >= 15 is 0 Å². The normalized spacial score (nSPS) is 22.6. The van der Waals surface area contributed by atoms with Gasteiger partial charge in [0.25, 0.3) is 5.91 Å². The third-order valence-electron chi connectivity index (χ3n) is 4.24. The maximum absolute atomic E-state index is 12.3. The number of carbonyl (C=O) groups is 1. The van der Waals surface area contributed by atoms with Crippen molar-refractivity contribution < 1.29 is 4.79 Å². The summed E-state index contributed by atoms with van der Waals surface area (Å²) in [5.41, 5.74) is 3.62. The molecule has 1 aliphatic heterocycles. The minimum atomic E-state index is 0.0865. The zero-order valence-electron chi connectivity index (χ0n) is 11.4. The molecule has 3 rings (SSSR count). The van der Waals surface area contributed by atoms with Crippen molar-refractivity contribution in [3.63, 3.8) is 0 Å². The van der Waals surface area contributed by atoms with Gasteiger partial charge in [0.15, 0.2) is 0 Å². The van der Waals surface area contributed by atoms with Crippen LogP contribution in [0.4, 0.5) is 0 Å². The van der Waals surface area contributed by atoms with Crippen molar-refractivity contribution in [1.29, 1.82) is 0 Å². The van der Waals surface area contributed by atoms with Crippen LogP contribution < -0.4 is 10.6 Å². The third kappa shape index (κ3) is 2.98. The molecule has 0 bridgehead atoms. The highest BCUT2D eigenvalue weighted by molar-refractivity contribution is 5.94. The first kappa shape index (κ1) is 12.7. The van der Waals surface area contributed by atoms with Crippen LogP contribution >= 0.6 is 0 Å². The van der Waals surface area contributed by atoms with Gasteiger partial charge in [0, 0.05) is 18.2 Å². The molecular formula is C16H22N2O. The second kappa shape index (κ2) is 5.74. The molecule has 2 aliphatic rings. The Morgan fingerprint density at radius 3 is 3.00 bits per heavy atom. The summed E-state index contributed by atoms with van der Waals surface area (Å²) in [5.74, 6) is 0.0865. The van der Waals surface area contributed by atoms with E-state index in [1.807, 2.05) is 6.07 Å². The van der Waals surface area contributed by atoms with Crippen molar-refractivity contribution in [1.82, 2.24) is 10.6 Å². The standard InChI is InChI=1S/C16H22N2O/c19-16(18-15-6-1-2-9-17-11-15)14-8-7-12-4-3-5-13(12)10-14/h7-8,10,15,17H,1-6,9,11H2,(H,18,19). The molecule has 0 aromatic heterocycles. The minimum Gasteiger partial charge on any atom is -0.348 e. The molecule has 0 spiro atoms. The fourth-order valence-corrected chi connectivity index (χ4v) is 3.12. The van der Waals surface area contributed by atoms with Crippen molar-refractivity contribution in [3.05, 3.63) is 34.9 Å². The van der Waals surface area contributed by atoms with Gasteiger partial charge in [-0.2, -0.15) is 0 Å². The molecule has 0 radical (unpaired) electrons. The van der Waals surface area contributed by atoms with E-state index in [9.17, 15) is 4.79 Å². The number of hydrogen-bond acceptors (Lipinski definition) is 2. The molecule has 1 aromatic carbocycles. The fourth-order valence-electron chi connectivity index (χ4n) is 3.12. The molecule has 1 fully saturated rings. The van der Waals surface area contributed by atoms with E-state index in [1.165, 1.54) is 36.8 Å². The predicted octanol–water partition coefficient (Wildman–Crippen LogP) is 2.05. The number of hydrogen-bond donors (Lipinski definition) is 2. The van der Waals surface area contributed by atoms with Crippen LogP contribution in [0.15, 0.2) is 18.2 Å². The summed E-state index contributed by atoms with van der Waals surface area (Å²) in [4.78, 5) is 12.3. The van der Waals surface area contributed by atoms with Gasteiger partial charge >= 0.3 is 0 Å². The second-order valence-corrected chi connectivity index (χ2v) is 5.71. The predicted molar refractivity (Wildman–Crippen MR) is 76.4 cm³/mol. The smallest absolute Gasteiger partial charge is 0.251 e. The minimum absolute atomic E-state index is 0.0865. The Labute approximate surface area is 114 Å². The van der Waals surface area contributed by atoms with E-state index in [1.54, 1.807) is 0 Å². The zero-order valence-corrected chi connectivity index (χ0v) is 11.4. The van der Waals surface area contributed by atoms with Gasteiger partial charge in [-0.1, -0.05) is 12.5 Å². The summed E-state index contributed by atoms with van der Waals surface area (Å²) in [6.07, 6.45) is 7.02. The maximum atomic E-state index is 12.3. The number of nitrogens with one attached hydrogen (secondary N) is 2. The average Bonchev–Trinajstić information content (AvgIpc) is 2.75. The summed E-state index contributed by atoms with van der Waals surface area (Å²) in [5, 5.41) is 6.55. The number of rotatable bonds is 2. The maximum Gasteiger partial charge on any atom is 0.251 e. The van der Waals surface area contributed by atoms with Gasteiger partial charge in [0.1, 0.15) is 0 Å². The van der Waals surface area contributed by atoms with Gasteiger partial charge in [0.2, 0.25) is 0 Å². The highest BCUT2D eigenvalue weighted by atomic mass is 16.1. The Bertz CT molecular complexity index is 462. The molecule has 19 heavy (non-hydrogen) atoms. The highest BCUT2D eigenvalue weighted by Gasteiger charge is 2.17. The summed E-state index contributed by atoms with van der Waals surface area (Å²) in [6, 6.07) is 6.47. The van der Waals surface area contributed by atoms with E-state index in [-0.39, 0.29) is 11.9 Å². The Morgan fingerprint density at radius 1 is 1.16 bits per heavy atom. The van der Waals surface area contributed by atoms with Crippen LogP contribution in [-0.2, 0) is 12.8 Å². The summed E-state index contributed by atoms with van der Waals surface area (Å²) in [7, 11) is 0. The molecule has 1 aromatic rings. The van der Waals surface area contributed by atoms with Crippen LogP contribution in [0, 0.1) is 0 Å². The van der Waals surface area contributed by atoms with E-state index in [2.05, 4.69) is 22.8 Å². The van der Waals surface area contributed by atoms with Crippen LogP contribution in [0.25, 0.3) is 0 Å². The van der Waals surface area contributed by atoms with Gasteiger partial charge in [0.05, 0.1) is 0 Å². The van der Waals surface area contributed by atoms with Crippen LogP contribution in [0.2, 0.25) is 0 Å².